The maximum absolute atomic E-state index is 13.3. The molecular weight excluding hydrogens is 357 g/mol. The van der Waals surface area contributed by atoms with E-state index < -0.39 is 5.82 Å². The maximum atomic E-state index is 13.3. The van der Waals surface area contributed by atoms with Gasteiger partial charge in [0.05, 0.1) is 25.7 Å². The molecule has 0 heterocycles. The second-order valence-electron chi connectivity index (χ2n) is 6.28. The van der Waals surface area contributed by atoms with Crippen LogP contribution in [0.2, 0.25) is 5.02 Å². The Morgan fingerprint density at radius 3 is 2.56 bits per heavy atom. The maximum Gasteiger partial charge on any atom is 0.173 e. The molecule has 0 saturated carbocycles. The Morgan fingerprint density at radius 2 is 1.92 bits per heavy atom. The van der Waals surface area contributed by atoms with Crippen molar-refractivity contribution >= 4 is 34.6 Å². The average Bonchev–Trinajstić information content (AvgIpc) is 2.58. The first kappa shape index (κ1) is 19.6. The van der Waals surface area contributed by atoms with Crippen molar-refractivity contribution in [2.45, 2.75) is 13.0 Å². The molecule has 0 saturated heterocycles. The van der Waals surface area contributed by atoms with Gasteiger partial charge >= 0.3 is 0 Å². The minimum Gasteiger partial charge on any atom is -0.344 e. The summed E-state index contributed by atoms with van der Waals surface area (Å²) in [6.45, 7) is 2.64. The highest BCUT2D eigenvalue weighted by atomic mass is 35.5. The molecule has 0 unspecified atom stereocenters. The van der Waals surface area contributed by atoms with Gasteiger partial charge in [0.15, 0.2) is 5.11 Å². The van der Waals surface area contributed by atoms with E-state index in [1.165, 1.54) is 16.5 Å². The van der Waals surface area contributed by atoms with Gasteiger partial charge in [-0.25, -0.2) is 4.39 Å². The lowest BCUT2D eigenvalue weighted by atomic mass is 10.2. The normalized spacial score (nSPS) is 10.8. The van der Waals surface area contributed by atoms with Gasteiger partial charge in [0.1, 0.15) is 5.82 Å². The zero-order valence-electron chi connectivity index (χ0n) is 14.6. The van der Waals surface area contributed by atoms with Crippen LogP contribution in [0, 0.1) is 5.82 Å². The van der Waals surface area contributed by atoms with Crippen LogP contribution < -0.4 is 10.2 Å². The predicted molar refractivity (Wildman–Crippen MR) is 107 cm³/mol. The molecule has 2 rings (SSSR count). The summed E-state index contributed by atoms with van der Waals surface area (Å²) in [7, 11) is 4.28. The summed E-state index contributed by atoms with van der Waals surface area (Å²) in [5, 5.41) is 3.86. The van der Waals surface area contributed by atoms with Gasteiger partial charge in [-0.3, -0.25) is 0 Å². The third-order valence-electron chi connectivity index (χ3n) is 3.78. The fourth-order valence-electron chi connectivity index (χ4n) is 2.46. The molecule has 0 bridgehead atoms. The molecule has 0 amide bonds. The molecule has 2 N–H and O–H groups in total. The molecule has 0 atom stereocenters. The van der Waals surface area contributed by atoms with Crippen LogP contribution in [0.3, 0.4) is 0 Å². The van der Waals surface area contributed by atoms with Crippen molar-refractivity contribution in [2.24, 2.45) is 0 Å². The molecule has 134 valence electrons. The Labute approximate surface area is 159 Å². The molecule has 0 aromatic heterocycles. The minimum absolute atomic E-state index is 0.0821. The lowest BCUT2D eigenvalue weighted by Gasteiger charge is -2.26. The zero-order valence-corrected chi connectivity index (χ0v) is 16.1. The number of halogens is 2. The van der Waals surface area contributed by atoms with E-state index in [-0.39, 0.29) is 5.02 Å². The minimum atomic E-state index is -0.437. The molecule has 25 heavy (non-hydrogen) atoms. The summed E-state index contributed by atoms with van der Waals surface area (Å²) < 4.78 is 13.3. The second kappa shape index (κ2) is 9.70. The van der Waals surface area contributed by atoms with E-state index in [1.807, 2.05) is 18.2 Å². The van der Waals surface area contributed by atoms with Gasteiger partial charge in [-0.2, -0.15) is 0 Å². The topological polar surface area (TPSA) is 19.7 Å². The van der Waals surface area contributed by atoms with Crippen LogP contribution in [-0.4, -0.2) is 37.2 Å². The number of benzene rings is 2. The summed E-state index contributed by atoms with van der Waals surface area (Å²) in [5.41, 5.74) is 1.88. The van der Waals surface area contributed by atoms with Crippen LogP contribution in [0.5, 0.6) is 0 Å². The first-order valence-corrected chi connectivity index (χ1v) is 9.08. The molecule has 2 aromatic rings. The summed E-state index contributed by atoms with van der Waals surface area (Å²) in [6, 6.07) is 14.7. The fourth-order valence-corrected chi connectivity index (χ4v) is 2.91. The van der Waals surface area contributed by atoms with Gasteiger partial charge in [0.25, 0.3) is 0 Å². The fraction of sp³-hybridized carbons (Fsp3) is 0.316. The molecule has 0 aliphatic carbocycles. The van der Waals surface area contributed by atoms with E-state index in [0.29, 0.717) is 10.8 Å². The number of thiocarbonyl (C=S) groups is 1. The van der Waals surface area contributed by atoms with Crippen molar-refractivity contribution in [3.05, 3.63) is 64.9 Å². The van der Waals surface area contributed by atoms with Gasteiger partial charge in [-0.15, -0.1) is 0 Å². The standard InChI is InChI=1S/C19H23ClFN3S/c1-23(2)11-6-12-24(14-15-7-4-3-5-8-15)19(25)22-16-9-10-18(21)17(20)13-16/h3-5,7-10,13H,6,11-12,14H2,1-2H3,(H,22,25)/p+1. The van der Waals surface area contributed by atoms with Crippen LogP contribution in [0.1, 0.15) is 12.0 Å². The van der Waals surface area contributed by atoms with Crippen LogP contribution in [0.25, 0.3) is 0 Å². The highest BCUT2D eigenvalue weighted by molar-refractivity contribution is 7.80. The quantitative estimate of drug-likeness (QED) is 0.719. The van der Waals surface area contributed by atoms with Gasteiger partial charge < -0.3 is 15.1 Å². The van der Waals surface area contributed by atoms with Crippen molar-refractivity contribution in [2.75, 3.05) is 32.5 Å². The Morgan fingerprint density at radius 1 is 1.20 bits per heavy atom. The van der Waals surface area contributed by atoms with Crippen molar-refractivity contribution < 1.29 is 9.29 Å². The SMILES string of the molecule is C[NH+](C)CCCN(Cc1ccccc1)C(=S)Nc1ccc(F)c(Cl)c1. The lowest BCUT2D eigenvalue weighted by molar-refractivity contribution is -0.858. The van der Waals surface area contributed by atoms with Crippen molar-refractivity contribution in [3.63, 3.8) is 0 Å². The summed E-state index contributed by atoms with van der Waals surface area (Å²) in [4.78, 5) is 3.54. The molecule has 2 aromatic carbocycles. The number of hydrogen-bond acceptors (Lipinski definition) is 1. The molecule has 0 radical (unpaired) electrons. The molecule has 0 spiro atoms. The smallest absolute Gasteiger partial charge is 0.173 e. The number of nitrogens with one attached hydrogen (secondary N) is 2. The first-order chi connectivity index (χ1) is 12.0. The number of anilines is 1. The van der Waals surface area contributed by atoms with Gasteiger partial charge in [-0.1, -0.05) is 41.9 Å². The molecule has 0 aliphatic heterocycles. The van der Waals surface area contributed by atoms with E-state index in [2.05, 4.69) is 36.4 Å². The Hall–Kier alpha value is -1.69. The van der Waals surface area contributed by atoms with Gasteiger partial charge in [-0.05, 0) is 36.0 Å². The van der Waals surface area contributed by atoms with Crippen molar-refractivity contribution in [3.8, 4) is 0 Å². The van der Waals surface area contributed by atoms with Crippen molar-refractivity contribution in [1.82, 2.24) is 4.90 Å². The number of hydrogen-bond donors (Lipinski definition) is 2. The Balaban J connectivity index is 2.06. The van der Waals surface area contributed by atoms with Gasteiger partial charge in [0.2, 0.25) is 0 Å². The van der Waals surface area contributed by atoms with Crippen LogP contribution in [-0.2, 0) is 6.54 Å². The first-order valence-electron chi connectivity index (χ1n) is 8.29. The number of rotatable bonds is 7. The molecule has 3 nitrogen and oxygen atoms in total. The molecular formula is C19H24ClFN3S+. The van der Waals surface area contributed by atoms with E-state index in [9.17, 15) is 4.39 Å². The lowest BCUT2D eigenvalue weighted by Crippen LogP contribution is -3.05. The molecule has 0 fully saturated rings. The monoisotopic (exact) mass is 380 g/mol. The van der Waals surface area contributed by atoms with Crippen LogP contribution in [0.15, 0.2) is 48.5 Å². The second-order valence-corrected chi connectivity index (χ2v) is 7.07. The zero-order chi connectivity index (χ0) is 18.2. The highest BCUT2D eigenvalue weighted by Gasteiger charge is 2.12. The number of nitrogens with zero attached hydrogens (tertiary/aromatic N) is 1. The Kier molecular flexibility index (Phi) is 7.62. The highest BCUT2D eigenvalue weighted by Crippen LogP contribution is 2.20. The van der Waals surface area contributed by atoms with E-state index in [1.54, 1.807) is 12.1 Å². The summed E-state index contributed by atoms with van der Waals surface area (Å²) in [5.74, 6) is -0.437. The van der Waals surface area contributed by atoms with E-state index in [4.69, 9.17) is 23.8 Å². The third-order valence-corrected chi connectivity index (χ3v) is 4.43. The van der Waals surface area contributed by atoms with Gasteiger partial charge in [0, 0.05) is 25.2 Å². The van der Waals surface area contributed by atoms with Crippen LogP contribution >= 0.6 is 23.8 Å². The van der Waals surface area contributed by atoms with E-state index >= 15 is 0 Å². The van der Waals surface area contributed by atoms with E-state index in [0.717, 1.165) is 26.1 Å². The number of quaternary nitrogens is 1. The third kappa shape index (κ3) is 6.61. The predicted octanol–water partition coefficient (Wildman–Crippen LogP) is 3.21. The molecule has 6 heteroatoms. The summed E-state index contributed by atoms with van der Waals surface area (Å²) in [6.07, 6.45) is 1.03. The summed E-state index contributed by atoms with van der Waals surface area (Å²) >= 11 is 11.4. The largest absolute Gasteiger partial charge is 0.344 e. The average molecular weight is 381 g/mol. The Bertz CT molecular complexity index is 694. The molecule has 0 aliphatic rings. The van der Waals surface area contributed by atoms with Crippen molar-refractivity contribution in [1.29, 1.82) is 0 Å². The van der Waals surface area contributed by atoms with Crippen LogP contribution in [0.4, 0.5) is 10.1 Å².